The van der Waals surface area contributed by atoms with Crippen molar-refractivity contribution in [3.05, 3.63) is 48.5 Å². The molecule has 0 aromatic heterocycles. The Morgan fingerprint density at radius 2 is 1.42 bits per heavy atom. The molecule has 100 valence electrons. The van der Waals surface area contributed by atoms with Crippen LogP contribution in [0.5, 0.6) is 0 Å². The summed E-state index contributed by atoms with van der Waals surface area (Å²) >= 11 is 0. The summed E-state index contributed by atoms with van der Waals surface area (Å²) in [4.78, 5) is 0.345. The molecule has 0 radical (unpaired) electrons. The maximum atomic E-state index is 11.7. The molecule has 0 fully saturated rings. The van der Waals surface area contributed by atoms with Crippen molar-refractivity contribution < 1.29 is 8.42 Å². The van der Waals surface area contributed by atoms with E-state index in [-0.39, 0.29) is 5.75 Å². The lowest BCUT2D eigenvalue weighted by molar-refractivity contribution is 0.597. The number of nitrogens with one attached hydrogen (secondary N) is 1. The summed E-state index contributed by atoms with van der Waals surface area (Å²) in [5, 5.41) is 3.18. The van der Waals surface area contributed by atoms with E-state index in [4.69, 9.17) is 5.73 Å². The molecule has 0 amide bonds. The lowest BCUT2D eigenvalue weighted by Crippen LogP contribution is -2.03. The molecule has 0 saturated carbocycles. The smallest absolute Gasteiger partial charge is 0.178 e. The number of hydrogen-bond acceptors (Lipinski definition) is 4. The fourth-order valence-electron chi connectivity index (χ4n) is 1.65. The van der Waals surface area contributed by atoms with E-state index in [1.165, 1.54) is 0 Å². The monoisotopic (exact) mass is 276 g/mol. The first-order chi connectivity index (χ1) is 9.01. The third-order valence-electron chi connectivity index (χ3n) is 2.79. The van der Waals surface area contributed by atoms with Gasteiger partial charge in [0.1, 0.15) is 0 Å². The van der Waals surface area contributed by atoms with Gasteiger partial charge in [0.15, 0.2) is 9.84 Å². The summed E-state index contributed by atoms with van der Waals surface area (Å²) in [6, 6.07) is 14.1. The average Bonchev–Trinajstić information content (AvgIpc) is 2.42. The molecule has 0 heterocycles. The van der Waals surface area contributed by atoms with Crippen LogP contribution in [0.1, 0.15) is 6.92 Å². The van der Waals surface area contributed by atoms with E-state index >= 15 is 0 Å². The molecule has 3 N–H and O–H groups in total. The SMILES string of the molecule is CCS(=O)(=O)c1ccc(Nc2ccc(N)cc2)cc1. The Balaban J connectivity index is 2.17. The van der Waals surface area contributed by atoms with E-state index < -0.39 is 9.84 Å². The van der Waals surface area contributed by atoms with Gasteiger partial charge < -0.3 is 11.1 Å². The molecule has 0 unspecified atom stereocenters. The Bertz CT molecular complexity index is 647. The van der Waals surface area contributed by atoms with Gasteiger partial charge >= 0.3 is 0 Å². The predicted molar refractivity (Wildman–Crippen MR) is 78.3 cm³/mol. The lowest BCUT2D eigenvalue weighted by Gasteiger charge is -2.08. The quantitative estimate of drug-likeness (QED) is 0.842. The van der Waals surface area contributed by atoms with Gasteiger partial charge in [-0.05, 0) is 48.5 Å². The van der Waals surface area contributed by atoms with Gasteiger partial charge in [-0.2, -0.15) is 0 Å². The molecular weight excluding hydrogens is 260 g/mol. The third-order valence-corrected chi connectivity index (χ3v) is 4.54. The van der Waals surface area contributed by atoms with Crippen molar-refractivity contribution in [2.24, 2.45) is 0 Å². The highest BCUT2D eigenvalue weighted by Crippen LogP contribution is 2.20. The standard InChI is InChI=1S/C14H16N2O2S/c1-2-19(17,18)14-9-7-13(8-10-14)16-12-5-3-11(15)4-6-12/h3-10,16H,2,15H2,1H3. The molecule has 0 aliphatic rings. The molecule has 2 aromatic carbocycles. The van der Waals surface area contributed by atoms with Gasteiger partial charge in [0, 0.05) is 17.1 Å². The van der Waals surface area contributed by atoms with Crippen LogP contribution in [-0.2, 0) is 9.84 Å². The summed E-state index contributed by atoms with van der Waals surface area (Å²) in [6.07, 6.45) is 0. The van der Waals surface area contributed by atoms with E-state index in [1.54, 1.807) is 43.3 Å². The molecule has 0 aliphatic carbocycles. The van der Waals surface area contributed by atoms with Crippen molar-refractivity contribution in [1.29, 1.82) is 0 Å². The molecule has 0 spiro atoms. The fourth-order valence-corrected chi connectivity index (χ4v) is 2.53. The number of benzene rings is 2. The molecule has 0 aliphatic heterocycles. The maximum Gasteiger partial charge on any atom is 0.178 e. The zero-order valence-corrected chi connectivity index (χ0v) is 11.4. The van der Waals surface area contributed by atoms with Crippen LogP contribution >= 0.6 is 0 Å². The van der Waals surface area contributed by atoms with Gasteiger partial charge in [-0.15, -0.1) is 0 Å². The lowest BCUT2D eigenvalue weighted by atomic mass is 10.2. The van der Waals surface area contributed by atoms with Crippen LogP contribution in [0.15, 0.2) is 53.4 Å². The second-order valence-electron chi connectivity index (χ2n) is 4.17. The van der Waals surface area contributed by atoms with E-state index in [1.807, 2.05) is 12.1 Å². The largest absolute Gasteiger partial charge is 0.399 e. The second-order valence-corrected chi connectivity index (χ2v) is 6.45. The number of nitrogen functional groups attached to an aromatic ring is 1. The molecule has 5 heteroatoms. The third kappa shape index (κ3) is 3.26. The van der Waals surface area contributed by atoms with Crippen LogP contribution in [0.25, 0.3) is 0 Å². The summed E-state index contributed by atoms with van der Waals surface area (Å²) in [6.45, 7) is 1.63. The number of nitrogens with two attached hydrogens (primary N) is 1. The van der Waals surface area contributed by atoms with E-state index in [0.29, 0.717) is 10.6 Å². The minimum Gasteiger partial charge on any atom is -0.399 e. The average molecular weight is 276 g/mol. The number of anilines is 3. The van der Waals surface area contributed by atoms with Gasteiger partial charge in [-0.3, -0.25) is 0 Å². The highest BCUT2D eigenvalue weighted by atomic mass is 32.2. The van der Waals surface area contributed by atoms with Crippen LogP contribution in [-0.4, -0.2) is 14.2 Å². The van der Waals surface area contributed by atoms with Crippen LogP contribution in [0.3, 0.4) is 0 Å². The van der Waals surface area contributed by atoms with Crippen molar-refractivity contribution in [1.82, 2.24) is 0 Å². The molecular formula is C14H16N2O2S. The van der Waals surface area contributed by atoms with E-state index in [2.05, 4.69) is 5.32 Å². The number of hydrogen-bond donors (Lipinski definition) is 2. The summed E-state index contributed by atoms with van der Waals surface area (Å²) < 4.78 is 23.3. The predicted octanol–water partition coefficient (Wildman–Crippen LogP) is 2.81. The molecule has 2 aromatic rings. The Kier molecular flexibility index (Phi) is 3.76. The summed E-state index contributed by atoms with van der Waals surface area (Å²) in [5.74, 6) is 0.109. The Hall–Kier alpha value is -2.01. The highest BCUT2D eigenvalue weighted by molar-refractivity contribution is 7.91. The van der Waals surface area contributed by atoms with Gasteiger partial charge in [-0.1, -0.05) is 6.92 Å². The molecule has 0 saturated heterocycles. The highest BCUT2D eigenvalue weighted by Gasteiger charge is 2.10. The Morgan fingerprint density at radius 3 is 1.89 bits per heavy atom. The van der Waals surface area contributed by atoms with Crippen molar-refractivity contribution in [2.75, 3.05) is 16.8 Å². The normalized spacial score (nSPS) is 11.2. The van der Waals surface area contributed by atoms with Gasteiger partial charge in [0.2, 0.25) is 0 Å². The Labute approximate surface area is 113 Å². The van der Waals surface area contributed by atoms with Crippen LogP contribution in [0.4, 0.5) is 17.1 Å². The van der Waals surface area contributed by atoms with E-state index in [0.717, 1.165) is 11.4 Å². The number of sulfone groups is 1. The molecule has 0 bridgehead atoms. The van der Waals surface area contributed by atoms with Crippen molar-refractivity contribution in [2.45, 2.75) is 11.8 Å². The van der Waals surface area contributed by atoms with Crippen LogP contribution in [0.2, 0.25) is 0 Å². The molecule has 4 nitrogen and oxygen atoms in total. The first-order valence-corrected chi connectivity index (χ1v) is 7.62. The first kappa shape index (κ1) is 13.4. The summed E-state index contributed by atoms with van der Waals surface area (Å²) in [7, 11) is -3.14. The van der Waals surface area contributed by atoms with Gasteiger partial charge in [0.25, 0.3) is 0 Å². The van der Waals surface area contributed by atoms with Crippen LogP contribution < -0.4 is 11.1 Å². The van der Waals surface area contributed by atoms with Crippen molar-refractivity contribution >= 4 is 26.9 Å². The Morgan fingerprint density at radius 1 is 0.947 bits per heavy atom. The minimum atomic E-state index is -3.14. The zero-order chi connectivity index (χ0) is 13.9. The molecule has 2 rings (SSSR count). The van der Waals surface area contributed by atoms with Crippen molar-refractivity contribution in [3.63, 3.8) is 0 Å². The maximum absolute atomic E-state index is 11.7. The molecule has 0 atom stereocenters. The second kappa shape index (κ2) is 5.32. The topological polar surface area (TPSA) is 72.2 Å². The van der Waals surface area contributed by atoms with Gasteiger partial charge in [-0.25, -0.2) is 8.42 Å². The van der Waals surface area contributed by atoms with Gasteiger partial charge in [0.05, 0.1) is 10.6 Å². The summed E-state index contributed by atoms with van der Waals surface area (Å²) in [5.41, 5.74) is 8.05. The fraction of sp³-hybridized carbons (Fsp3) is 0.143. The first-order valence-electron chi connectivity index (χ1n) is 5.96. The molecule has 19 heavy (non-hydrogen) atoms. The van der Waals surface area contributed by atoms with Crippen molar-refractivity contribution in [3.8, 4) is 0 Å². The minimum absolute atomic E-state index is 0.109. The zero-order valence-electron chi connectivity index (χ0n) is 10.6. The van der Waals surface area contributed by atoms with Crippen LogP contribution in [0, 0.1) is 0 Å². The van der Waals surface area contributed by atoms with E-state index in [9.17, 15) is 8.42 Å². The number of rotatable bonds is 4.